The van der Waals surface area contributed by atoms with E-state index < -0.39 is 0 Å². The van der Waals surface area contributed by atoms with Crippen molar-refractivity contribution in [2.75, 3.05) is 0 Å². The summed E-state index contributed by atoms with van der Waals surface area (Å²) in [6.45, 7) is 8.13. The van der Waals surface area contributed by atoms with Crippen molar-refractivity contribution in [1.82, 2.24) is 10.1 Å². The molecule has 0 saturated carbocycles. The van der Waals surface area contributed by atoms with Crippen LogP contribution in [-0.2, 0) is 7.75 Å². The van der Waals surface area contributed by atoms with Crippen molar-refractivity contribution >= 4 is 38.5 Å². The molecule has 0 saturated heterocycles. The largest absolute Gasteiger partial charge is 0.337 e. The van der Waals surface area contributed by atoms with E-state index in [0.29, 0.717) is 5.89 Å². The molecule has 0 spiro atoms. The zero-order chi connectivity index (χ0) is 10.3. The minimum atomic E-state index is -0.277. The zero-order valence-electron chi connectivity index (χ0n) is 8.06. The van der Waals surface area contributed by atoms with Gasteiger partial charge in [0.25, 0.3) is 5.89 Å². The third kappa shape index (κ3) is 2.90. The number of halogens is 2. The van der Waals surface area contributed by atoms with Crippen LogP contribution < -0.4 is 0 Å². The second-order valence-electron chi connectivity index (χ2n) is 4.06. The maximum atomic E-state index is 5.14. The van der Waals surface area contributed by atoms with E-state index in [4.69, 9.17) is 4.52 Å². The Morgan fingerprint density at radius 1 is 1.31 bits per heavy atom. The summed E-state index contributed by atoms with van der Waals surface area (Å²) in [7, 11) is 0. The molecule has 0 N–H and O–H groups in total. The van der Waals surface area contributed by atoms with E-state index in [-0.39, 0.29) is 7.75 Å². The van der Waals surface area contributed by atoms with Crippen molar-refractivity contribution in [3.63, 3.8) is 0 Å². The van der Waals surface area contributed by atoms with Crippen molar-refractivity contribution in [3.8, 4) is 0 Å². The highest BCUT2D eigenvalue weighted by Crippen LogP contribution is 2.37. The summed E-state index contributed by atoms with van der Waals surface area (Å²) in [6, 6.07) is 0. The van der Waals surface area contributed by atoms with Crippen molar-refractivity contribution in [2.24, 2.45) is 0 Å². The molecule has 1 heterocycles. The van der Waals surface area contributed by atoms with E-state index in [1.165, 1.54) is 0 Å². The van der Waals surface area contributed by atoms with Gasteiger partial charge >= 0.3 is 0 Å². The molecule has 1 unspecified atom stereocenters. The van der Waals surface area contributed by atoms with Gasteiger partial charge in [0.15, 0.2) is 8.16 Å². The monoisotopic (exact) mass is 358 g/mol. The second kappa shape index (κ2) is 3.49. The maximum Gasteiger partial charge on any atom is 0.253 e. The first-order chi connectivity index (χ1) is 5.71. The molecule has 1 aromatic heterocycles. The summed E-state index contributed by atoms with van der Waals surface area (Å²) in [5, 5.41) is 3.93. The van der Waals surface area contributed by atoms with Gasteiger partial charge in [-0.1, -0.05) is 64.4 Å². The fraction of sp³-hybridized carbons (Fsp3) is 0.750. The molecule has 0 aromatic carbocycles. The van der Waals surface area contributed by atoms with Gasteiger partial charge in [-0.05, 0) is 6.92 Å². The van der Waals surface area contributed by atoms with Crippen LogP contribution in [0, 0.1) is 0 Å². The quantitative estimate of drug-likeness (QED) is 0.570. The number of nitrogens with zero attached hydrogens (tertiary/aromatic N) is 2. The molecule has 0 radical (unpaired) electrons. The molecule has 0 amide bonds. The molecule has 3 nitrogen and oxygen atoms in total. The SMILES string of the molecule is CC(C)(C)c1noc(C(C)(Br)I)n1. The van der Waals surface area contributed by atoms with Crippen LogP contribution in [0.3, 0.4) is 0 Å². The van der Waals surface area contributed by atoms with Gasteiger partial charge in [0.2, 0.25) is 0 Å². The zero-order valence-corrected chi connectivity index (χ0v) is 11.8. The fourth-order valence-corrected chi connectivity index (χ4v) is 1.09. The van der Waals surface area contributed by atoms with E-state index in [9.17, 15) is 0 Å². The van der Waals surface area contributed by atoms with E-state index in [0.717, 1.165) is 5.82 Å². The maximum absolute atomic E-state index is 5.14. The lowest BCUT2D eigenvalue weighted by molar-refractivity contribution is 0.363. The Morgan fingerprint density at radius 2 is 1.85 bits per heavy atom. The summed E-state index contributed by atoms with van der Waals surface area (Å²) in [4.78, 5) is 4.32. The molecule has 0 aliphatic heterocycles. The van der Waals surface area contributed by atoms with E-state index in [2.05, 4.69) is 69.4 Å². The molecule has 0 bridgehead atoms. The Morgan fingerprint density at radius 3 is 2.08 bits per heavy atom. The van der Waals surface area contributed by atoms with Crippen molar-refractivity contribution in [3.05, 3.63) is 11.7 Å². The minimum Gasteiger partial charge on any atom is -0.337 e. The van der Waals surface area contributed by atoms with Gasteiger partial charge in [0.1, 0.15) is 0 Å². The molecule has 13 heavy (non-hydrogen) atoms. The van der Waals surface area contributed by atoms with Gasteiger partial charge in [-0.2, -0.15) is 4.98 Å². The summed E-state index contributed by atoms with van der Waals surface area (Å²) in [5.41, 5.74) is -0.0589. The number of rotatable bonds is 1. The molecule has 0 fully saturated rings. The summed E-state index contributed by atoms with van der Waals surface area (Å²) in [6.07, 6.45) is 0. The van der Waals surface area contributed by atoms with Crippen molar-refractivity contribution in [1.29, 1.82) is 0 Å². The Labute approximate surface area is 99.9 Å². The van der Waals surface area contributed by atoms with Crippen LogP contribution in [0.4, 0.5) is 0 Å². The summed E-state index contributed by atoms with van der Waals surface area (Å²) < 4.78 is 4.86. The normalized spacial score (nSPS) is 17.1. The first-order valence-corrected chi connectivity index (χ1v) is 5.81. The highest BCUT2D eigenvalue weighted by Gasteiger charge is 2.29. The number of alkyl halides is 2. The first-order valence-electron chi connectivity index (χ1n) is 3.94. The van der Waals surface area contributed by atoms with Gasteiger partial charge in [-0.25, -0.2) is 0 Å². The number of hydrogen-bond acceptors (Lipinski definition) is 3. The van der Waals surface area contributed by atoms with Gasteiger partial charge in [0.05, 0.1) is 0 Å². The molecule has 1 rings (SSSR count). The smallest absolute Gasteiger partial charge is 0.253 e. The van der Waals surface area contributed by atoms with E-state index >= 15 is 0 Å². The van der Waals surface area contributed by atoms with Crippen LogP contribution >= 0.6 is 38.5 Å². The van der Waals surface area contributed by atoms with Crippen LogP contribution in [0.5, 0.6) is 0 Å². The molecule has 5 heteroatoms. The fourth-order valence-electron chi connectivity index (χ4n) is 0.706. The number of hydrogen-bond donors (Lipinski definition) is 0. The lowest BCUT2D eigenvalue weighted by Gasteiger charge is -2.11. The standard InChI is InChI=1S/C8H12BrIN2O/c1-7(2,3)5-11-6(13-12-5)8(4,9)10/h1-4H3. The predicted octanol–water partition coefficient (Wildman–Crippen LogP) is 3.37. The minimum absolute atomic E-state index is 0.0589. The van der Waals surface area contributed by atoms with Crippen LogP contribution in [0.25, 0.3) is 0 Å². The highest BCUT2D eigenvalue weighted by molar-refractivity contribution is 14.1. The van der Waals surface area contributed by atoms with Crippen molar-refractivity contribution in [2.45, 2.75) is 35.4 Å². The Hall–Kier alpha value is 0.350. The van der Waals surface area contributed by atoms with Crippen LogP contribution in [0.2, 0.25) is 0 Å². The van der Waals surface area contributed by atoms with Crippen LogP contribution in [-0.4, -0.2) is 10.1 Å². The average Bonchev–Trinajstić information content (AvgIpc) is 2.28. The van der Waals surface area contributed by atoms with Crippen molar-refractivity contribution < 1.29 is 4.52 Å². The Bertz CT molecular complexity index is 269. The molecule has 0 aliphatic rings. The average molecular weight is 359 g/mol. The summed E-state index contributed by atoms with van der Waals surface area (Å²) in [5.74, 6) is 1.35. The lowest BCUT2D eigenvalue weighted by atomic mass is 9.96. The van der Waals surface area contributed by atoms with Gasteiger partial charge in [-0.3, -0.25) is 0 Å². The summed E-state index contributed by atoms with van der Waals surface area (Å²) >= 11 is 5.66. The van der Waals surface area contributed by atoms with Gasteiger partial charge in [-0.15, -0.1) is 0 Å². The number of aromatic nitrogens is 2. The molecule has 1 aromatic rings. The third-order valence-electron chi connectivity index (χ3n) is 1.47. The predicted molar refractivity (Wildman–Crippen MR) is 63.3 cm³/mol. The lowest BCUT2D eigenvalue weighted by Crippen LogP contribution is -2.14. The van der Waals surface area contributed by atoms with Gasteiger partial charge < -0.3 is 4.52 Å². The van der Waals surface area contributed by atoms with E-state index in [1.807, 2.05) is 6.92 Å². The van der Waals surface area contributed by atoms with E-state index in [1.54, 1.807) is 0 Å². The van der Waals surface area contributed by atoms with Crippen LogP contribution in [0.15, 0.2) is 4.52 Å². The molecule has 0 aliphatic carbocycles. The Balaban J connectivity index is 3.01. The molecular formula is C8H12BrIN2O. The molecular weight excluding hydrogens is 347 g/mol. The Kier molecular flexibility index (Phi) is 3.07. The van der Waals surface area contributed by atoms with Crippen LogP contribution in [0.1, 0.15) is 39.4 Å². The molecule has 74 valence electrons. The second-order valence-corrected chi connectivity index (χ2v) is 9.29. The highest BCUT2D eigenvalue weighted by atomic mass is 127. The first kappa shape index (κ1) is 11.4. The third-order valence-corrected chi connectivity index (χ3v) is 2.27. The topological polar surface area (TPSA) is 38.9 Å². The van der Waals surface area contributed by atoms with Gasteiger partial charge in [0, 0.05) is 5.41 Å². The molecule has 1 atom stereocenters.